The second kappa shape index (κ2) is 6.93. The maximum atomic E-state index is 6.07. The summed E-state index contributed by atoms with van der Waals surface area (Å²) in [5, 5.41) is 3.21. The van der Waals surface area contributed by atoms with E-state index in [-0.39, 0.29) is 0 Å². The first kappa shape index (κ1) is 13.5. The molecule has 0 saturated carbocycles. The van der Waals surface area contributed by atoms with Crippen LogP contribution >= 0.6 is 0 Å². The molecule has 1 rings (SSSR count). The predicted octanol–water partition coefficient (Wildman–Crippen LogP) is 2.12. The van der Waals surface area contributed by atoms with E-state index in [4.69, 9.17) is 5.73 Å². The second-order valence-electron chi connectivity index (χ2n) is 4.16. The molecule has 0 fully saturated rings. The molecule has 0 saturated heterocycles. The number of nitrogen functional groups attached to an aromatic ring is 1. The lowest BCUT2D eigenvalue weighted by atomic mass is 10.3. The molecule has 1 aromatic heterocycles. The topological polar surface area (TPSA) is 67.1 Å². The fraction of sp³-hybridized carbons (Fsp3) is 0.667. The second-order valence-corrected chi connectivity index (χ2v) is 4.16. The summed E-state index contributed by atoms with van der Waals surface area (Å²) in [6.45, 7) is 6.12. The Balaban J connectivity index is 2.78. The van der Waals surface area contributed by atoms with E-state index in [0.29, 0.717) is 5.69 Å². The van der Waals surface area contributed by atoms with Crippen molar-refractivity contribution in [2.75, 3.05) is 36.1 Å². The van der Waals surface area contributed by atoms with Crippen LogP contribution in [-0.4, -0.2) is 30.1 Å². The average Bonchev–Trinajstić information content (AvgIpc) is 2.34. The Bertz CT molecular complexity index is 340. The number of nitrogens with two attached hydrogens (primary N) is 1. The Labute approximate surface area is 103 Å². The minimum atomic E-state index is 0.638. The molecule has 5 heteroatoms. The molecule has 0 bridgehead atoms. The van der Waals surface area contributed by atoms with Crippen LogP contribution in [0, 0.1) is 0 Å². The van der Waals surface area contributed by atoms with E-state index in [1.54, 1.807) is 6.33 Å². The number of nitrogens with zero attached hydrogens (tertiary/aromatic N) is 3. The van der Waals surface area contributed by atoms with Gasteiger partial charge in [0, 0.05) is 20.1 Å². The van der Waals surface area contributed by atoms with Gasteiger partial charge in [-0.1, -0.05) is 20.3 Å². The fourth-order valence-corrected chi connectivity index (χ4v) is 1.58. The molecule has 96 valence electrons. The summed E-state index contributed by atoms with van der Waals surface area (Å²) in [6, 6.07) is 0. The standard InChI is InChI=1S/C12H23N5/c1-4-6-8-17(3)12-10(13)11(14-7-5-2)15-9-16-12/h9H,4-8,13H2,1-3H3,(H,14,15,16). The molecular weight excluding hydrogens is 214 g/mol. The molecule has 5 nitrogen and oxygen atoms in total. The van der Waals surface area contributed by atoms with Crippen LogP contribution in [0.1, 0.15) is 33.1 Å². The first-order valence-corrected chi connectivity index (χ1v) is 6.26. The van der Waals surface area contributed by atoms with Gasteiger partial charge in [-0.25, -0.2) is 9.97 Å². The van der Waals surface area contributed by atoms with E-state index in [1.807, 2.05) is 7.05 Å². The van der Waals surface area contributed by atoms with Crippen LogP contribution in [0.5, 0.6) is 0 Å². The maximum Gasteiger partial charge on any atom is 0.157 e. The maximum absolute atomic E-state index is 6.07. The van der Waals surface area contributed by atoms with E-state index in [0.717, 1.165) is 44.0 Å². The van der Waals surface area contributed by atoms with Gasteiger partial charge in [0.05, 0.1) is 0 Å². The SMILES string of the molecule is CCCCN(C)c1ncnc(NCCC)c1N. The van der Waals surface area contributed by atoms with E-state index in [1.165, 1.54) is 0 Å². The van der Waals surface area contributed by atoms with Crippen LogP contribution in [0.2, 0.25) is 0 Å². The van der Waals surface area contributed by atoms with Crippen molar-refractivity contribution in [2.24, 2.45) is 0 Å². The molecule has 0 aliphatic rings. The average molecular weight is 237 g/mol. The fourth-order valence-electron chi connectivity index (χ4n) is 1.58. The van der Waals surface area contributed by atoms with Gasteiger partial charge in [0.15, 0.2) is 11.6 Å². The number of anilines is 3. The molecule has 17 heavy (non-hydrogen) atoms. The van der Waals surface area contributed by atoms with Crippen LogP contribution in [0.25, 0.3) is 0 Å². The number of rotatable bonds is 7. The molecule has 3 N–H and O–H groups in total. The van der Waals surface area contributed by atoms with Crippen molar-refractivity contribution in [3.63, 3.8) is 0 Å². The quantitative estimate of drug-likeness (QED) is 0.760. The molecule has 0 aliphatic carbocycles. The highest BCUT2D eigenvalue weighted by molar-refractivity contribution is 5.74. The predicted molar refractivity (Wildman–Crippen MR) is 73.4 cm³/mol. The van der Waals surface area contributed by atoms with Crippen LogP contribution in [-0.2, 0) is 0 Å². The van der Waals surface area contributed by atoms with Crippen molar-refractivity contribution < 1.29 is 0 Å². The zero-order chi connectivity index (χ0) is 12.7. The van der Waals surface area contributed by atoms with E-state index < -0.39 is 0 Å². The molecule has 0 spiro atoms. The molecule has 0 aliphatic heterocycles. The number of aromatic nitrogens is 2. The minimum absolute atomic E-state index is 0.638. The third kappa shape index (κ3) is 3.76. The summed E-state index contributed by atoms with van der Waals surface area (Å²) in [7, 11) is 2.01. The largest absolute Gasteiger partial charge is 0.393 e. The van der Waals surface area contributed by atoms with Gasteiger partial charge >= 0.3 is 0 Å². The highest BCUT2D eigenvalue weighted by Crippen LogP contribution is 2.25. The van der Waals surface area contributed by atoms with E-state index in [2.05, 4.69) is 34.0 Å². The summed E-state index contributed by atoms with van der Waals surface area (Å²) in [5.41, 5.74) is 6.71. The Kier molecular flexibility index (Phi) is 5.52. The van der Waals surface area contributed by atoms with Crippen molar-refractivity contribution >= 4 is 17.3 Å². The number of nitrogens with one attached hydrogen (secondary N) is 1. The lowest BCUT2D eigenvalue weighted by molar-refractivity contribution is 0.759. The molecule has 1 heterocycles. The summed E-state index contributed by atoms with van der Waals surface area (Å²) in [4.78, 5) is 10.5. The smallest absolute Gasteiger partial charge is 0.157 e. The molecule has 0 radical (unpaired) electrons. The summed E-state index contributed by atoms with van der Waals surface area (Å²) in [5.74, 6) is 1.55. The van der Waals surface area contributed by atoms with Gasteiger partial charge in [-0.15, -0.1) is 0 Å². The van der Waals surface area contributed by atoms with Crippen molar-refractivity contribution in [3.05, 3.63) is 6.33 Å². The van der Waals surface area contributed by atoms with Crippen molar-refractivity contribution in [2.45, 2.75) is 33.1 Å². The van der Waals surface area contributed by atoms with Gasteiger partial charge in [-0.3, -0.25) is 0 Å². The summed E-state index contributed by atoms with van der Waals surface area (Å²) < 4.78 is 0. The van der Waals surface area contributed by atoms with Gasteiger partial charge in [0.25, 0.3) is 0 Å². The van der Waals surface area contributed by atoms with Crippen LogP contribution in [0.3, 0.4) is 0 Å². The van der Waals surface area contributed by atoms with Gasteiger partial charge in [-0.2, -0.15) is 0 Å². The highest BCUT2D eigenvalue weighted by atomic mass is 15.2. The third-order valence-corrected chi connectivity index (χ3v) is 2.61. The molecule has 0 unspecified atom stereocenters. The zero-order valence-electron chi connectivity index (χ0n) is 11.0. The van der Waals surface area contributed by atoms with Gasteiger partial charge < -0.3 is 16.0 Å². The van der Waals surface area contributed by atoms with E-state index in [9.17, 15) is 0 Å². The number of hydrogen-bond acceptors (Lipinski definition) is 5. The van der Waals surface area contributed by atoms with Crippen molar-refractivity contribution in [1.82, 2.24) is 9.97 Å². The van der Waals surface area contributed by atoms with Crippen LogP contribution in [0.15, 0.2) is 6.33 Å². The Morgan fingerprint density at radius 1 is 1.29 bits per heavy atom. The first-order valence-electron chi connectivity index (χ1n) is 6.26. The molecule has 0 aromatic carbocycles. The highest BCUT2D eigenvalue weighted by Gasteiger charge is 2.10. The lowest BCUT2D eigenvalue weighted by Crippen LogP contribution is -2.22. The monoisotopic (exact) mass is 237 g/mol. The van der Waals surface area contributed by atoms with Crippen molar-refractivity contribution in [3.8, 4) is 0 Å². The van der Waals surface area contributed by atoms with Crippen LogP contribution < -0.4 is 16.0 Å². The third-order valence-electron chi connectivity index (χ3n) is 2.61. The minimum Gasteiger partial charge on any atom is -0.393 e. The Morgan fingerprint density at radius 3 is 2.71 bits per heavy atom. The summed E-state index contributed by atoms with van der Waals surface area (Å²) >= 11 is 0. The normalized spacial score (nSPS) is 10.3. The molecule has 0 amide bonds. The Hall–Kier alpha value is -1.52. The molecule has 1 aromatic rings. The van der Waals surface area contributed by atoms with Crippen LogP contribution in [0.4, 0.5) is 17.3 Å². The van der Waals surface area contributed by atoms with Gasteiger partial charge in [0.1, 0.15) is 12.0 Å². The Morgan fingerprint density at radius 2 is 2.06 bits per heavy atom. The zero-order valence-corrected chi connectivity index (χ0v) is 11.0. The lowest BCUT2D eigenvalue weighted by Gasteiger charge is -2.20. The number of hydrogen-bond donors (Lipinski definition) is 2. The molecule has 0 atom stereocenters. The van der Waals surface area contributed by atoms with E-state index >= 15 is 0 Å². The first-order chi connectivity index (χ1) is 8.20. The van der Waals surface area contributed by atoms with Gasteiger partial charge in [-0.05, 0) is 12.8 Å². The molecular formula is C12H23N5. The summed E-state index contributed by atoms with van der Waals surface area (Å²) in [6.07, 6.45) is 4.91. The number of unbranched alkanes of at least 4 members (excludes halogenated alkanes) is 1. The van der Waals surface area contributed by atoms with Crippen molar-refractivity contribution in [1.29, 1.82) is 0 Å². The van der Waals surface area contributed by atoms with Gasteiger partial charge in [0.2, 0.25) is 0 Å².